The van der Waals surface area contributed by atoms with Gasteiger partial charge < -0.3 is 9.84 Å². The molecule has 0 aromatic rings. The van der Waals surface area contributed by atoms with Gasteiger partial charge in [0.25, 0.3) is 0 Å². The summed E-state index contributed by atoms with van der Waals surface area (Å²) in [4.78, 5) is 21.9. The summed E-state index contributed by atoms with van der Waals surface area (Å²) in [6.07, 6.45) is 21.6. The summed E-state index contributed by atoms with van der Waals surface area (Å²) in [6.45, 7) is 6.03. The molecule has 27 heavy (non-hydrogen) atoms. The van der Waals surface area contributed by atoms with Gasteiger partial charge in [0.2, 0.25) is 0 Å². The van der Waals surface area contributed by atoms with Crippen molar-refractivity contribution >= 4 is 11.9 Å². The molecule has 0 rings (SSSR count). The van der Waals surface area contributed by atoms with Crippen LogP contribution < -0.4 is 0 Å². The van der Waals surface area contributed by atoms with E-state index in [-0.39, 0.29) is 12.0 Å². The summed E-state index contributed by atoms with van der Waals surface area (Å²) in [7, 11) is 0. The second-order valence-electron chi connectivity index (χ2n) is 7.25. The Kier molecular flexibility index (Phi) is 18.1. The monoisotopic (exact) mass is 380 g/mol. The molecule has 4 heteroatoms. The number of carboxylic acid groups (broad SMARTS) is 1. The molecule has 0 saturated carbocycles. The highest BCUT2D eigenvalue weighted by Crippen LogP contribution is 2.10. The van der Waals surface area contributed by atoms with Crippen molar-refractivity contribution in [2.24, 2.45) is 0 Å². The number of carbonyl (C=O) groups is 2. The van der Waals surface area contributed by atoms with E-state index in [0.29, 0.717) is 6.61 Å². The molecule has 0 radical (unpaired) electrons. The van der Waals surface area contributed by atoms with E-state index in [9.17, 15) is 9.59 Å². The molecule has 0 aromatic heterocycles. The minimum absolute atomic E-state index is 0.00653. The molecule has 0 aliphatic rings. The molecule has 0 heterocycles. The number of rotatable bonds is 19. The lowest BCUT2D eigenvalue weighted by atomic mass is 10.1. The highest BCUT2D eigenvalue weighted by Gasteiger charge is 2.11. The van der Waals surface area contributed by atoms with Gasteiger partial charge in [-0.2, -0.15) is 0 Å². The zero-order valence-electron chi connectivity index (χ0n) is 17.3. The van der Waals surface area contributed by atoms with Gasteiger partial charge >= 0.3 is 11.9 Å². The van der Waals surface area contributed by atoms with Gasteiger partial charge in [-0.25, -0.2) is 4.79 Å². The second kappa shape index (κ2) is 19.2. The Bertz CT molecular complexity index is 426. The lowest BCUT2D eigenvalue weighted by molar-refractivity contribution is -0.142. The summed E-state index contributed by atoms with van der Waals surface area (Å²) in [5.74, 6) is -1.65. The number of aliphatic carboxylic acids is 1. The minimum Gasteiger partial charge on any atom is -0.481 e. The zero-order valence-corrected chi connectivity index (χ0v) is 17.3. The smallest absolute Gasteiger partial charge is 0.333 e. The molecule has 0 saturated heterocycles. The molecule has 0 atom stereocenters. The average Bonchev–Trinajstić information content (AvgIpc) is 2.63. The quantitative estimate of drug-likeness (QED) is 0.119. The maximum Gasteiger partial charge on any atom is 0.333 e. The largest absolute Gasteiger partial charge is 0.481 e. The van der Waals surface area contributed by atoms with Crippen molar-refractivity contribution in [3.63, 3.8) is 0 Å². The fourth-order valence-electron chi connectivity index (χ4n) is 2.87. The molecule has 0 bridgehead atoms. The topological polar surface area (TPSA) is 63.6 Å². The fraction of sp³-hybridized carbons (Fsp3) is 0.739. The number of carbonyl (C=O) groups excluding carboxylic acids is 1. The summed E-state index contributed by atoms with van der Waals surface area (Å²) >= 11 is 0. The van der Waals surface area contributed by atoms with Crippen molar-refractivity contribution in [2.75, 3.05) is 6.61 Å². The van der Waals surface area contributed by atoms with Gasteiger partial charge in [0.15, 0.2) is 0 Å². The number of carboxylic acids is 1. The number of hydrogen-bond donors (Lipinski definition) is 1. The van der Waals surface area contributed by atoms with Crippen molar-refractivity contribution in [3.05, 3.63) is 24.3 Å². The second-order valence-corrected chi connectivity index (χ2v) is 7.25. The molecule has 0 spiro atoms. The Morgan fingerprint density at radius 1 is 0.815 bits per heavy atom. The van der Waals surface area contributed by atoms with Crippen LogP contribution >= 0.6 is 0 Å². The van der Waals surface area contributed by atoms with Gasteiger partial charge in [-0.1, -0.05) is 83.4 Å². The normalized spacial score (nSPS) is 11.0. The summed E-state index contributed by atoms with van der Waals surface area (Å²) in [6, 6.07) is 0. The maximum absolute atomic E-state index is 11.4. The number of hydrogen-bond acceptors (Lipinski definition) is 3. The number of ether oxygens (including phenoxy) is 1. The van der Waals surface area contributed by atoms with E-state index in [4.69, 9.17) is 9.84 Å². The first-order valence-corrected chi connectivity index (χ1v) is 10.8. The zero-order chi connectivity index (χ0) is 20.2. The summed E-state index contributed by atoms with van der Waals surface area (Å²) in [5.41, 5.74) is 0.00653. The van der Waals surface area contributed by atoms with Gasteiger partial charge in [0.1, 0.15) is 0 Å². The van der Waals surface area contributed by atoms with Crippen molar-refractivity contribution in [1.29, 1.82) is 0 Å². The first kappa shape index (κ1) is 25.4. The highest BCUT2D eigenvalue weighted by atomic mass is 16.5. The number of unbranched alkanes of at least 4 members (excludes halogenated alkanes) is 12. The van der Waals surface area contributed by atoms with Crippen LogP contribution in [-0.2, 0) is 14.3 Å². The van der Waals surface area contributed by atoms with Crippen molar-refractivity contribution in [3.8, 4) is 0 Å². The Morgan fingerprint density at radius 2 is 1.30 bits per heavy atom. The third kappa shape index (κ3) is 19.0. The fourth-order valence-corrected chi connectivity index (χ4v) is 2.87. The van der Waals surface area contributed by atoms with E-state index in [1.54, 1.807) is 0 Å². The number of allylic oxidation sites excluding steroid dienone is 2. The van der Waals surface area contributed by atoms with Gasteiger partial charge in [0.05, 0.1) is 13.0 Å². The molecule has 0 aliphatic heterocycles. The van der Waals surface area contributed by atoms with Crippen LogP contribution in [0.4, 0.5) is 0 Å². The molecule has 0 fully saturated rings. The molecular weight excluding hydrogens is 340 g/mol. The lowest BCUT2D eigenvalue weighted by Crippen LogP contribution is -2.11. The molecule has 156 valence electrons. The van der Waals surface area contributed by atoms with Crippen LogP contribution in [0.25, 0.3) is 0 Å². The Hall–Kier alpha value is -1.58. The molecule has 0 amide bonds. The van der Waals surface area contributed by atoms with Gasteiger partial charge in [-0.05, 0) is 32.1 Å². The Balaban J connectivity index is 3.29. The SMILES string of the molecule is C=C(CC(=O)O)C(=O)OCCCCCCCC/C=C/CCCCCCCC. The predicted molar refractivity (Wildman–Crippen MR) is 112 cm³/mol. The van der Waals surface area contributed by atoms with Crippen LogP contribution in [0.1, 0.15) is 103 Å². The Morgan fingerprint density at radius 3 is 1.81 bits per heavy atom. The van der Waals surface area contributed by atoms with Gasteiger partial charge in [-0.15, -0.1) is 0 Å². The molecule has 0 unspecified atom stereocenters. The van der Waals surface area contributed by atoms with Crippen molar-refractivity contribution in [1.82, 2.24) is 0 Å². The third-order valence-electron chi connectivity index (χ3n) is 4.54. The van der Waals surface area contributed by atoms with E-state index in [2.05, 4.69) is 25.7 Å². The molecule has 4 nitrogen and oxygen atoms in total. The number of esters is 1. The standard InChI is InChI=1S/C23H40O4/c1-3-4-5-6-7-8-9-10-11-12-13-14-15-16-17-18-19-27-23(26)21(2)20-22(24)25/h10-11H,2-9,12-20H2,1H3,(H,24,25)/b11-10+. The van der Waals surface area contributed by atoms with Crippen LogP contribution in [0.15, 0.2) is 24.3 Å². The predicted octanol–water partition coefficient (Wildman–Crippen LogP) is 6.60. The van der Waals surface area contributed by atoms with E-state index in [0.717, 1.165) is 19.3 Å². The van der Waals surface area contributed by atoms with Crippen molar-refractivity contribution < 1.29 is 19.4 Å². The molecule has 0 aromatic carbocycles. The molecular formula is C23H40O4. The lowest BCUT2D eigenvalue weighted by Gasteiger charge is -2.05. The van der Waals surface area contributed by atoms with E-state index >= 15 is 0 Å². The van der Waals surface area contributed by atoms with E-state index in [1.165, 1.54) is 70.6 Å². The molecule has 0 aliphatic carbocycles. The first-order valence-electron chi connectivity index (χ1n) is 10.8. The minimum atomic E-state index is -1.06. The Labute approximate surface area is 166 Å². The third-order valence-corrected chi connectivity index (χ3v) is 4.54. The van der Waals surface area contributed by atoms with Gasteiger partial charge in [-0.3, -0.25) is 4.79 Å². The van der Waals surface area contributed by atoms with Crippen LogP contribution in [0.3, 0.4) is 0 Å². The van der Waals surface area contributed by atoms with Crippen LogP contribution in [0.5, 0.6) is 0 Å². The first-order chi connectivity index (χ1) is 13.1. The average molecular weight is 381 g/mol. The molecule has 1 N–H and O–H groups in total. The van der Waals surface area contributed by atoms with Crippen LogP contribution in [0.2, 0.25) is 0 Å². The van der Waals surface area contributed by atoms with Gasteiger partial charge in [0, 0.05) is 5.57 Å². The van der Waals surface area contributed by atoms with Crippen LogP contribution in [0, 0.1) is 0 Å². The van der Waals surface area contributed by atoms with E-state index in [1.807, 2.05) is 0 Å². The van der Waals surface area contributed by atoms with Crippen molar-refractivity contribution in [2.45, 2.75) is 103 Å². The highest BCUT2D eigenvalue weighted by molar-refractivity contribution is 5.92. The summed E-state index contributed by atoms with van der Waals surface area (Å²) in [5, 5.41) is 8.58. The van der Waals surface area contributed by atoms with E-state index < -0.39 is 11.9 Å². The van der Waals surface area contributed by atoms with Crippen LogP contribution in [-0.4, -0.2) is 23.7 Å². The maximum atomic E-state index is 11.4. The summed E-state index contributed by atoms with van der Waals surface area (Å²) < 4.78 is 5.01.